The summed E-state index contributed by atoms with van der Waals surface area (Å²) in [5, 5.41) is 14.4. The standard InChI is InChI=1S/C32H34ClF2N5O4S/c1-18-13-27-19(17-36-32(38-27)37-21-7-9-40(10-8-21)11-12-44-2)14-23(18)30-25(34)4-5-26(31(30)35)39-45(42,43)29-16-20(33)15-24-22(29)3-6-28(24)41/h4-5,13-17,21,28,39,41H,3,6-12H2,1-2H3,(H,36,37,38). The van der Waals surface area contributed by atoms with Gasteiger partial charge in [0, 0.05) is 49.4 Å². The highest BCUT2D eigenvalue weighted by atomic mass is 35.5. The normalized spacial score (nSPS) is 17.5. The van der Waals surface area contributed by atoms with Crippen LogP contribution >= 0.6 is 11.6 Å². The van der Waals surface area contributed by atoms with Crippen molar-refractivity contribution in [2.45, 2.75) is 49.6 Å². The van der Waals surface area contributed by atoms with Crippen molar-refractivity contribution in [2.75, 3.05) is 43.4 Å². The maximum atomic E-state index is 16.0. The topological polar surface area (TPSA) is 117 Å². The number of hydrogen-bond donors (Lipinski definition) is 3. The molecule has 0 amide bonds. The lowest BCUT2D eigenvalue weighted by molar-refractivity contribution is 0.132. The second-order valence-electron chi connectivity index (χ2n) is 11.6. The zero-order chi connectivity index (χ0) is 31.9. The molecule has 2 heterocycles. The number of methoxy groups -OCH3 is 1. The molecule has 0 radical (unpaired) electrons. The number of anilines is 2. The van der Waals surface area contributed by atoms with Gasteiger partial charge in [-0.15, -0.1) is 0 Å². The van der Waals surface area contributed by atoms with E-state index >= 15 is 8.78 Å². The number of aryl methyl sites for hydroxylation is 1. The van der Waals surface area contributed by atoms with Gasteiger partial charge in [-0.25, -0.2) is 27.2 Å². The van der Waals surface area contributed by atoms with Crippen LogP contribution in [0, 0.1) is 18.6 Å². The molecule has 3 aromatic carbocycles. The summed E-state index contributed by atoms with van der Waals surface area (Å²) in [5.74, 6) is -1.42. The van der Waals surface area contributed by atoms with Gasteiger partial charge < -0.3 is 20.1 Å². The summed E-state index contributed by atoms with van der Waals surface area (Å²) >= 11 is 6.16. The third-order valence-corrected chi connectivity index (χ3v) is 10.2. The highest BCUT2D eigenvalue weighted by molar-refractivity contribution is 7.92. The van der Waals surface area contributed by atoms with E-state index < -0.39 is 33.4 Å². The minimum atomic E-state index is -4.33. The summed E-state index contributed by atoms with van der Waals surface area (Å²) in [6.07, 6.45) is 3.35. The van der Waals surface area contributed by atoms with Crippen LogP contribution in [-0.4, -0.2) is 67.8 Å². The molecule has 1 aliphatic carbocycles. The quantitative estimate of drug-likeness (QED) is 0.206. The van der Waals surface area contributed by atoms with Crippen LogP contribution in [-0.2, 0) is 21.2 Å². The summed E-state index contributed by atoms with van der Waals surface area (Å²) in [6.45, 7) is 5.23. The number of fused-ring (bicyclic) bond motifs is 2. The molecule has 9 nitrogen and oxygen atoms in total. The molecule has 1 aliphatic heterocycles. The van der Waals surface area contributed by atoms with E-state index in [1.807, 2.05) is 0 Å². The van der Waals surface area contributed by atoms with Crippen LogP contribution in [0.3, 0.4) is 0 Å². The van der Waals surface area contributed by atoms with Gasteiger partial charge in [-0.1, -0.05) is 11.6 Å². The molecular weight excluding hydrogens is 624 g/mol. The zero-order valence-corrected chi connectivity index (χ0v) is 26.5. The van der Waals surface area contributed by atoms with E-state index in [0.717, 1.165) is 44.6 Å². The molecule has 1 fully saturated rings. The first-order valence-electron chi connectivity index (χ1n) is 14.8. The number of aromatic nitrogens is 2. The summed E-state index contributed by atoms with van der Waals surface area (Å²) in [6, 6.07) is 8.44. The summed E-state index contributed by atoms with van der Waals surface area (Å²) in [4.78, 5) is 11.3. The highest BCUT2D eigenvalue weighted by Gasteiger charge is 2.30. The number of nitrogens with zero attached hydrogens (tertiary/aromatic N) is 3. The first-order chi connectivity index (χ1) is 21.5. The van der Waals surface area contributed by atoms with Crippen LogP contribution < -0.4 is 10.0 Å². The molecule has 45 heavy (non-hydrogen) atoms. The Bertz CT molecular complexity index is 1870. The predicted molar refractivity (Wildman–Crippen MR) is 170 cm³/mol. The lowest BCUT2D eigenvalue weighted by Crippen LogP contribution is -2.40. The van der Waals surface area contributed by atoms with Gasteiger partial charge in [0.25, 0.3) is 10.0 Å². The van der Waals surface area contributed by atoms with E-state index in [2.05, 4.69) is 24.9 Å². The Labute approximate surface area is 265 Å². The summed E-state index contributed by atoms with van der Waals surface area (Å²) < 4.78 is 65.6. The molecule has 1 unspecified atom stereocenters. The number of benzene rings is 3. The van der Waals surface area contributed by atoms with Gasteiger partial charge in [0.15, 0.2) is 5.82 Å². The van der Waals surface area contributed by atoms with Gasteiger partial charge in [-0.3, -0.25) is 4.72 Å². The second kappa shape index (κ2) is 12.8. The number of sulfonamides is 1. The van der Waals surface area contributed by atoms with Crippen molar-refractivity contribution >= 4 is 44.2 Å². The van der Waals surface area contributed by atoms with E-state index in [1.54, 1.807) is 32.4 Å². The Balaban J connectivity index is 1.26. The van der Waals surface area contributed by atoms with Crippen molar-refractivity contribution < 1.29 is 27.0 Å². The number of aliphatic hydroxyl groups is 1. The van der Waals surface area contributed by atoms with Crippen molar-refractivity contribution in [3.8, 4) is 11.1 Å². The molecule has 3 N–H and O–H groups in total. The van der Waals surface area contributed by atoms with Crippen molar-refractivity contribution in [2.24, 2.45) is 0 Å². The third kappa shape index (κ3) is 6.48. The van der Waals surface area contributed by atoms with Gasteiger partial charge in [0.1, 0.15) is 5.82 Å². The lowest BCUT2D eigenvalue weighted by Gasteiger charge is -2.32. The minimum absolute atomic E-state index is 0.131. The Hall–Kier alpha value is -3.42. The Morgan fingerprint density at radius 3 is 2.67 bits per heavy atom. The summed E-state index contributed by atoms with van der Waals surface area (Å²) in [7, 11) is -2.63. The number of halogens is 3. The number of likely N-dealkylation sites (tertiary alicyclic amines) is 1. The largest absolute Gasteiger partial charge is 0.388 e. The molecular formula is C32H34ClF2N5O4S. The molecule has 0 spiro atoms. The second-order valence-corrected chi connectivity index (χ2v) is 13.7. The lowest BCUT2D eigenvalue weighted by atomic mass is 9.97. The zero-order valence-electron chi connectivity index (χ0n) is 24.9. The number of piperidine rings is 1. The molecule has 1 aromatic heterocycles. The number of ether oxygens (including phenoxy) is 1. The van der Waals surface area contributed by atoms with Gasteiger partial charge in [0.05, 0.1) is 34.4 Å². The fourth-order valence-corrected chi connectivity index (χ4v) is 7.85. The minimum Gasteiger partial charge on any atom is -0.388 e. The summed E-state index contributed by atoms with van der Waals surface area (Å²) in [5.41, 5.74) is 1.48. The number of aliphatic hydroxyl groups excluding tert-OH is 1. The molecule has 1 atom stereocenters. The number of nitrogens with one attached hydrogen (secondary N) is 2. The number of rotatable bonds is 9. The molecule has 6 rings (SSSR count). The maximum Gasteiger partial charge on any atom is 0.262 e. The van der Waals surface area contributed by atoms with Crippen LogP contribution in [0.25, 0.3) is 22.0 Å². The average molecular weight is 658 g/mol. The first-order valence-corrected chi connectivity index (χ1v) is 16.7. The van der Waals surface area contributed by atoms with Crippen LogP contribution in [0.1, 0.15) is 42.1 Å². The smallest absolute Gasteiger partial charge is 0.262 e. The van der Waals surface area contributed by atoms with E-state index in [4.69, 9.17) is 16.3 Å². The van der Waals surface area contributed by atoms with Crippen molar-refractivity contribution in [1.82, 2.24) is 14.9 Å². The third-order valence-electron chi connectivity index (χ3n) is 8.59. The fraction of sp³-hybridized carbons (Fsp3) is 0.375. The van der Waals surface area contributed by atoms with Gasteiger partial charge >= 0.3 is 0 Å². The first kappa shape index (κ1) is 31.6. The van der Waals surface area contributed by atoms with Crippen LogP contribution in [0.4, 0.5) is 20.4 Å². The van der Waals surface area contributed by atoms with Crippen molar-refractivity contribution in [3.05, 3.63) is 75.9 Å². The Morgan fingerprint density at radius 2 is 1.91 bits per heavy atom. The van der Waals surface area contributed by atoms with E-state index in [9.17, 15) is 13.5 Å². The maximum absolute atomic E-state index is 16.0. The SMILES string of the molecule is COCCN1CCC(Nc2ncc3cc(-c4c(F)ccc(NS(=O)(=O)c5cc(Cl)cc6c5CCC6O)c4F)c(C)cc3n2)CC1. The van der Waals surface area contributed by atoms with E-state index in [1.165, 1.54) is 12.1 Å². The van der Waals surface area contributed by atoms with Crippen LogP contribution in [0.5, 0.6) is 0 Å². The predicted octanol–water partition coefficient (Wildman–Crippen LogP) is 5.84. The molecule has 238 valence electrons. The highest BCUT2D eigenvalue weighted by Crippen LogP contribution is 2.39. The van der Waals surface area contributed by atoms with E-state index in [0.29, 0.717) is 53.0 Å². The van der Waals surface area contributed by atoms with Crippen LogP contribution in [0.2, 0.25) is 5.02 Å². The Morgan fingerprint density at radius 1 is 1.13 bits per heavy atom. The van der Waals surface area contributed by atoms with E-state index in [-0.39, 0.29) is 27.1 Å². The fourth-order valence-electron chi connectivity index (χ4n) is 6.18. The molecule has 2 aliphatic rings. The van der Waals surface area contributed by atoms with Crippen molar-refractivity contribution in [3.63, 3.8) is 0 Å². The monoisotopic (exact) mass is 657 g/mol. The Kier molecular flexibility index (Phi) is 8.95. The number of hydrogen-bond acceptors (Lipinski definition) is 8. The molecule has 1 saturated heterocycles. The van der Waals surface area contributed by atoms with Crippen LogP contribution in [0.15, 0.2) is 47.5 Å². The average Bonchev–Trinajstić information content (AvgIpc) is 3.38. The van der Waals surface area contributed by atoms with Gasteiger partial charge in [0.2, 0.25) is 5.95 Å². The van der Waals surface area contributed by atoms with Crippen molar-refractivity contribution in [1.29, 1.82) is 0 Å². The molecule has 13 heteroatoms. The molecule has 4 aromatic rings. The molecule has 0 bridgehead atoms. The van der Waals surface area contributed by atoms with Gasteiger partial charge in [-0.05, 0) is 91.3 Å². The van der Waals surface area contributed by atoms with Gasteiger partial charge in [-0.2, -0.15) is 0 Å². The molecule has 0 saturated carbocycles.